The number of hydrogen-bond acceptors (Lipinski definition) is 6. The number of ether oxygens (including phenoxy) is 1. The highest BCUT2D eigenvalue weighted by Crippen LogP contribution is 2.42. The molecule has 1 aliphatic carbocycles. The third-order valence-electron chi connectivity index (χ3n) is 7.84. The maximum atomic E-state index is 13.0. The lowest BCUT2D eigenvalue weighted by molar-refractivity contribution is -0.131. The van der Waals surface area contributed by atoms with Crippen LogP contribution < -0.4 is 15.2 Å². The van der Waals surface area contributed by atoms with E-state index in [1.165, 1.54) is 10.4 Å². The average molecular weight is 509 g/mol. The summed E-state index contributed by atoms with van der Waals surface area (Å²) < 4.78 is 5.24. The van der Waals surface area contributed by atoms with Crippen molar-refractivity contribution in [2.24, 2.45) is 11.3 Å². The van der Waals surface area contributed by atoms with E-state index in [1.54, 1.807) is 18.4 Å². The van der Waals surface area contributed by atoms with E-state index in [2.05, 4.69) is 42.8 Å². The fourth-order valence-electron chi connectivity index (χ4n) is 5.48. The highest BCUT2D eigenvalue weighted by atomic mass is 32.1. The molecule has 1 saturated heterocycles. The number of hydrogen-bond donors (Lipinski definition) is 1. The molecule has 3 aromatic rings. The normalized spacial score (nSPS) is 18.4. The van der Waals surface area contributed by atoms with E-state index in [9.17, 15) is 9.59 Å². The van der Waals surface area contributed by atoms with Gasteiger partial charge in [0, 0.05) is 49.6 Å². The number of anilines is 1. The first kappa shape index (κ1) is 24.8. The van der Waals surface area contributed by atoms with Gasteiger partial charge in [0.25, 0.3) is 5.56 Å². The molecule has 0 radical (unpaired) electrons. The molecule has 2 aromatic heterocycles. The number of nitrogens with zero attached hydrogens (tertiary/aromatic N) is 3. The molecule has 36 heavy (non-hydrogen) atoms. The Bertz CT molecular complexity index is 1300. The lowest BCUT2D eigenvalue weighted by Crippen LogP contribution is -2.48. The number of H-pyrrole nitrogens is 1. The number of carbonyl (C=O) groups is 1. The topological polar surface area (TPSA) is 78.5 Å². The fraction of sp³-hybridized carbons (Fsp3) is 0.536. The Morgan fingerprint density at radius 3 is 2.56 bits per heavy atom. The van der Waals surface area contributed by atoms with Crippen LogP contribution in [-0.2, 0) is 24.1 Å². The number of aromatic nitrogens is 2. The van der Waals surface area contributed by atoms with Crippen LogP contribution in [0.2, 0.25) is 0 Å². The Kier molecular flexibility index (Phi) is 6.81. The molecule has 1 N–H and O–H groups in total. The summed E-state index contributed by atoms with van der Waals surface area (Å²) >= 11 is 1.67. The smallest absolute Gasteiger partial charge is 0.259 e. The van der Waals surface area contributed by atoms with Gasteiger partial charge in [0.1, 0.15) is 16.4 Å². The highest BCUT2D eigenvalue weighted by Gasteiger charge is 2.31. The average Bonchev–Trinajstić information content (AvgIpc) is 3.25. The summed E-state index contributed by atoms with van der Waals surface area (Å²) in [7, 11) is 1.67. The van der Waals surface area contributed by atoms with Crippen LogP contribution in [0.3, 0.4) is 0 Å². The zero-order valence-electron chi connectivity index (χ0n) is 21.7. The minimum absolute atomic E-state index is 0.0535. The summed E-state index contributed by atoms with van der Waals surface area (Å²) in [5, 5.41) is 0.770. The Morgan fingerprint density at radius 2 is 1.89 bits per heavy atom. The van der Waals surface area contributed by atoms with Crippen molar-refractivity contribution in [2.45, 2.75) is 52.9 Å². The Labute approximate surface area is 216 Å². The van der Waals surface area contributed by atoms with Gasteiger partial charge in [-0.15, -0.1) is 11.3 Å². The van der Waals surface area contributed by atoms with Gasteiger partial charge in [-0.3, -0.25) is 9.59 Å². The Balaban J connectivity index is 1.20. The molecule has 1 aromatic carbocycles. The summed E-state index contributed by atoms with van der Waals surface area (Å²) in [6, 6.07) is 8.04. The predicted molar refractivity (Wildman–Crippen MR) is 145 cm³/mol. The van der Waals surface area contributed by atoms with E-state index >= 15 is 0 Å². The summed E-state index contributed by atoms with van der Waals surface area (Å²) in [6.45, 7) is 9.89. The minimum atomic E-state index is -0.0535. The molecule has 3 heterocycles. The van der Waals surface area contributed by atoms with Crippen molar-refractivity contribution in [1.29, 1.82) is 0 Å². The second-order valence-electron chi connectivity index (χ2n) is 11.1. The number of aryl methyl sites for hydroxylation is 2. The zero-order valence-corrected chi connectivity index (χ0v) is 22.5. The molecule has 2 aliphatic rings. The monoisotopic (exact) mass is 508 g/mol. The number of amides is 1. The molecule has 7 nitrogen and oxygen atoms in total. The Morgan fingerprint density at radius 1 is 1.17 bits per heavy atom. The molecule has 0 bridgehead atoms. The van der Waals surface area contributed by atoms with Crippen LogP contribution in [-0.4, -0.2) is 54.1 Å². The van der Waals surface area contributed by atoms with Crippen molar-refractivity contribution < 1.29 is 9.53 Å². The molecule has 0 unspecified atom stereocenters. The summed E-state index contributed by atoms with van der Waals surface area (Å²) in [5.41, 5.74) is 2.55. The molecular weight excluding hydrogens is 472 g/mol. The van der Waals surface area contributed by atoms with E-state index in [0.29, 0.717) is 37.7 Å². The van der Waals surface area contributed by atoms with Gasteiger partial charge in [-0.05, 0) is 60.4 Å². The summed E-state index contributed by atoms with van der Waals surface area (Å²) in [6.07, 6.45) is 3.89. The maximum absolute atomic E-state index is 13.0. The second-order valence-corrected chi connectivity index (χ2v) is 12.2. The van der Waals surface area contributed by atoms with Gasteiger partial charge < -0.3 is 19.5 Å². The molecule has 8 heteroatoms. The maximum Gasteiger partial charge on any atom is 0.259 e. The number of nitrogens with one attached hydrogen (secondary N) is 1. The SMILES string of the molecule is COc1ccc(N2CCN(C(=O)CCc3nc4sc5c(c4c(=O)[nH]3)CC[C@@H](C(C)(C)C)C5)CC2)cc1. The molecular formula is C28H36N4O3S. The van der Waals surface area contributed by atoms with Gasteiger partial charge in [-0.1, -0.05) is 20.8 Å². The molecule has 192 valence electrons. The molecule has 1 fully saturated rings. The first-order valence-corrected chi connectivity index (χ1v) is 13.7. The van der Waals surface area contributed by atoms with Crippen LogP contribution >= 0.6 is 11.3 Å². The standard InChI is InChI=1S/C28H36N4O3S/c1-28(2,3)18-5-10-21-22(17-18)36-27-25(21)26(34)29-23(30-27)11-12-24(33)32-15-13-31(14-16-32)19-6-8-20(35-4)9-7-19/h6-9,18H,5,10-17H2,1-4H3,(H,29,30,34)/t18-/m1/s1. The van der Waals surface area contributed by atoms with Crippen LogP contribution in [0.25, 0.3) is 10.2 Å². The van der Waals surface area contributed by atoms with E-state index in [-0.39, 0.29) is 16.9 Å². The van der Waals surface area contributed by atoms with Crippen LogP contribution in [0.1, 0.15) is 49.9 Å². The summed E-state index contributed by atoms with van der Waals surface area (Å²) in [5.74, 6) is 2.20. The lowest BCUT2D eigenvalue weighted by Gasteiger charge is -2.36. The van der Waals surface area contributed by atoms with Crippen molar-refractivity contribution in [3.05, 3.63) is 50.9 Å². The summed E-state index contributed by atoms with van der Waals surface area (Å²) in [4.78, 5) is 40.0. The fourth-order valence-corrected chi connectivity index (χ4v) is 6.80. The van der Waals surface area contributed by atoms with Gasteiger partial charge in [0.05, 0.1) is 12.5 Å². The van der Waals surface area contributed by atoms with E-state index in [0.717, 1.165) is 54.0 Å². The van der Waals surface area contributed by atoms with E-state index in [4.69, 9.17) is 9.72 Å². The van der Waals surface area contributed by atoms with Crippen LogP contribution in [0.15, 0.2) is 29.1 Å². The largest absolute Gasteiger partial charge is 0.497 e. The number of rotatable bonds is 5. The number of carbonyl (C=O) groups excluding carboxylic acids is 1. The first-order valence-electron chi connectivity index (χ1n) is 12.9. The van der Waals surface area contributed by atoms with Gasteiger partial charge in [-0.25, -0.2) is 4.98 Å². The van der Waals surface area contributed by atoms with Crippen molar-refractivity contribution in [3.63, 3.8) is 0 Å². The van der Waals surface area contributed by atoms with Gasteiger partial charge in [-0.2, -0.15) is 0 Å². The number of aromatic amines is 1. The van der Waals surface area contributed by atoms with Gasteiger partial charge in [0.15, 0.2) is 0 Å². The van der Waals surface area contributed by atoms with Crippen LogP contribution in [0.5, 0.6) is 5.75 Å². The highest BCUT2D eigenvalue weighted by molar-refractivity contribution is 7.18. The van der Waals surface area contributed by atoms with Crippen molar-refractivity contribution in [1.82, 2.24) is 14.9 Å². The van der Waals surface area contributed by atoms with Crippen LogP contribution in [0.4, 0.5) is 5.69 Å². The predicted octanol–water partition coefficient (Wildman–Crippen LogP) is 4.43. The number of methoxy groups -OCH3 is 1. The first-order chi connectivity index (χ1) is 17.2. The van der Waals surface area contributed by atoms with E-state index in [1.807, 2.05) is 17.0 Å². The number of benzene rings is 1. The second kappa shape index (κ2) is 9.88. The third kappa shape index (κ3) is 5.01. The van der Waals surface area contributed by atoms with Gasteiger partial charge in [0.2, 0.25) is 5.91 Å². The number of fused-ring (bicyclic) bond motifs is 3. The molecule has 1 amide bonds. The third-order valence-corrected chi connectivity index (χ3v) is 8.99. The minimum Gasteiger partial charge on any atom is -0.497 e. The quantitative estimate of drug-likeness (QED) is 0.552. The van der Waals surface area contributed by atoms with Gasteiger partial charge >= 0.3 is 0 Å². The van der Waals surface area contributed by atoms with Crippen molar-refractivity contribution in [2.75, 3.05) is 38.2 Å². The zero-order chi connectivity index (χ0) is 25.4. The lowest BCUT2D eigenvalue weighted by atomic mass is 9.72. The van der Waals surface area contributed by atoms with Crippen LogP contribution in [0, 0.1) is 11.3 Å². The molecule has 5 rings (SSSR count). The molecule has 0 spiro atoms. The van der Waals surface area contributed by atoms with Crippen molar-refractivity contribution >= 4 is 33.1 Å². The molecule has 1 atom stereocenters. The molecule has 0 saturated carbocycles. The molecule has 1 aliphatic heterocycles. The van der Waals surface area contributed by atoms with E-state index < -0.39 is 0 Å². The number of piperazine rings is 1. The Hall–Kier alpha value is -2.87. The van der Waals surface area contributed by atoms with Crippen molar-refractivity contribution in [3.8, 4) is 5.75 Å². The number of thiophene rings is 1.